The van der Waals surface area contributed by atoms with Crippen LogP contribution in [0.3, 0.4) is 0 Å². The number of ether oxygens (including phenoxy) is 2. The van der Waals surface area contributed by atoms with Gasteiger partial charge in [-0.1, -0.05) is 58.4 Å². The maximum Gasteiger partial charge on any atom is 0.339 e. The number of halogens is 2. The first-order chi connectivity index (χ1) is 21.3. The van der Waals surface area contributed by atoms with Gasteiger partial charge >= 0.3 is 5.97 Å². The molecule has 0 unspecified atom stereocenters. The van der Waals surface area contributed by atoms with Gasteiger partial charge in [0.15, 0.2) is 0 Å². The maximum absolute atomic E-state index is 13.8. The van der Waals surface area contributed by atoms with Gasteiger partial charge in [0.2, 0.25) is 5.91 Å². The smallest absolute Gasteiger partial charge is 0.339 e. The summed E-state index contributed by atoms with van der Waals surface area (Å²) in [4.78, 5) is 27.9. The second-order valence-corrected chi connectivity index (χ2v) is 11.6. The molecule has 1 heterocycles. The van der Waals surface area contributed by atoms with Gasteiger partial charge in [0.05, 0.1) is 37.7 Å². The normalized spacial score (nSPS) is 12.6. The van der Waals surface area contributed by atoms with Crippen molar-refractivity contribution in [1.82, 2.24) is 5.43 Å². The van der Waals surface area contributed by atoms with Crippen LogP contribution in [-0.2, 0) is 11.2 Å². The molecule has 1 saturated heterocycles. The molecule has 4 aromatic rings. The molecule has 236 valence electrons. The number of carbonyl (C=O) groups excluding carboxylic acids is 1. The van der Waals surface area contributed by atoms with Gasteiger partial charge < -0.3 is 19.5 Å². The molecule has 0 atom stereocenters. The fraction of sp³-hybridized carbons (Fsp3) is 0.257. The Balaban J connectivity index is 0.00000461. The van der Waals surface area contributed by atoms with Crippen molar-refractivity contribution in [2.24, 2.45) is 0 Å². The topological polar surface area (TPSA) is 91.3 Å². The second kappa shape index (κ2) is 15.2. The highest BCUT2D eigenvalue weighted by Crippen LogP contribution is 2.40. The third-order valence-corrected chi connectivity index (χ3v) is 8.59. The molecule has 8 nitrogen and oxygen atoms in total. The fourth-order valence-electron chi connectivity index (χ4n) is 5.65. The van der Waals surface area contributed by atoms with Crippen molar-refractivity contribution in [2.45, 2.75) is 32.6 Å². The average molecular weight is 695 g/mol. The van der Waals surface area contributed by atoms with Crippen LogP contribution >= 0.6 is 28.3 Å². The lowest BCUT2D eigenvalue weighted by atomic mass is 10.0. The van der Waals surface area contributed by atoms with Gasteiger partial charge in [-0.2, -0.15) is 0 Å². The minimum absolute atomic E-state index is 0. The van der Waals surface area contributed by atoms with E-state index in [0.29, 0.717) is 15.8 Å². The average Bonchev–Trinajstić information content (AvgIpc) is 3.05. The van der Waals surface area contributed by atoms with Crippen molar-refractivity contribution in [3.8, 4) is 22.6 Å². The third kappa shape index (κ3) is 7.54. The van der Waals surface area contributed by atoms with E-state index in [0.717, 1.165) is 59.7 Å². The van der Waals surface area contributed by atoms with E-state index in [2.05, 4.69) is 38.4 Å². The Morgan fingerprint density at radius 1 is 0.911 bits per heavy atom. The van der Waals surface area contributed by atoms with Crippen molar-refractivity contribution >= 4 is 57.3 Å². The number of piperidine rings is 1. The summed E-state index contributed by atoms with van der Waals surface area (Å²) in [7, 11) is 3.06. The number of aryl methyl sites for hydroxylation is 1. The van der Waals surface area contributed by atoms with Crippen LogP contribution in [0.4, 0.5) is 17.1 Å². The number of carboxylic acid groups (broad SMARTS) is 1. The molecule has 0 bridgehead atoms. The standard InChI is InChI=1S/C35H36BrN3O5.ClH/c1-23-11-10-14-30(38-17-8-5-9-18-38)34(23)39(26-15-16-27(32(21-26)44-3)24-12-6-4-7-13-24)37-33(40)20-25-19-31(43-2)28(35(41)42)22-29(25)36;/h4,6-7,10-16,19,21-22H,5,8-9,17-18,20H2,1-3H3,(H,37,40)(H,41,42);1H. The lowest BCUT2D eigenvalue weighted by molar-refractivity contribution is -0.120. The van der Waals surface area contributed by atoms with Crippen LogP contribution in [0, 0.1) is 6.92 Å². The van der Waals surface area contributed by atoms with Gasteiger partial charge in [-0.3, -0.25) is 15.2 Å². The number of hydrogen-bond acceptors (Lipinski definition) is 6. The van der Waals surface area contributed by atoms with Crippen molar-refractivity contribution in [2.75, 3.05) is 37.2 Å². The zero-order chi connectivity index (χ0) is 31.2. The number of hydrazine groups is 1. The molecule has 1 amide bonds. The molecule has 0 saturated carbocycles. The third-order valence-electron chi connectivity index (χ3n) is 7.85. The van der Waals surface area contributed by atoms with E-state index in [1.165, 1.54) is 19.6 Å². The van der Waals surface area contributed by atoms with Gasteiger partial charge in [-0.05, 0) is 73.2 Å². The summed E-state index contributed by atoms with van der Waals surface area (Å²) in [5, 5.41) is 11.4. The second-order valence-electron chi connectivity index (χ2n) is 10.7. The molecule has 1 aliphatic rings. The number of carboxylic acids is 1. The van der Waals surface area contributed by atoms with Crippen LogP contribution in [0.25, 0.3) is 11.1 Å². The lowest BCUT2D eigenvalue weighted by Crippen LogP contribution is -2.41. The molecule has 0 aliphatic carbocycles. The van der Waals surface area contributed by atoms with Crippen LogP contribution in [0.2, 0.25) is 0 Å². The SMILES string of the molecule is COc1cc(CC(=O)NN(c2ccc(-c3ccccc3)c(OC)c2)c2c(C)cccc2N2CCCCC2)c(Br)cc1C(=O)O.Cl. The Morgan fingerprint density at radius 2 is 1.62 bits per heavy atom. The van der Waals surface area contributed by atoms with Crippen molar-refractivity contribution in [1.29, 1.82) is 0 Å². The Hall–Kier alpha value is -4.21. The summed E-state index contributed by atoms with van der Waals surface area (Å²) in [5.41, 5.74) is 9.43. The maximum atomic E-state index is 13.8. The number of rotatable bonds is 10. The van der Waals surface area contributed by atoms with Crippen LogP contribution in [0.5, 0.6) is 11.5 Å². The molecule has 2 N–H and O–H groups in total. The highest BCUT2D eigenvalue weighted by Gasteiger charge is 2.25. The summed E-state index contributed by atoms with van der Waals surface area (Å²) in [6, 6.07) is 25.2. The highest BCUT2D eigenvalue weighted by atomic mass is 79.9. The number of anilines is 3. The molecule has 1 aliphatic heterocycles. The predicted molar refractivity (Wildman–Crippen MR) is 185 cm³/mol. The van der Waals surface area contributed by atoms with Gasteiger partial charge in [-0.25, -0.2) is 4.79 Å². The summed E-state index contributed by atoms with van der Waals surface area (Å²) in [6.45, 7) is 3.93. The quantitative estimate of drug-likeness (QED) is 0.163. The zero-order valence-corrected chi connectivity index (χ0v) is 27.9. The van der Waals surface area contributed by atoms with Crippen LogP contribution in [0.15, 0.2) is 83.3 Å². The largest absolute Gasteiger partial charge is 0.496 e. The number of nitrogens with one attached hydrogen (secondary N) is 1. The van der Waals surface area contributed by atoms with Crippen molar-refractivity contribution in [3.63, 3.8) is 0 Å². The summed E-state index contributed by atoms with van der Waals surface area (Å²) in [6.07, 6.45) is 3.41. The molecule has 0 aromatic heterocycles. The Kier molecular flexibility index (Phi) is 11.4. The molecule has 0 spiro atoms. The first kappa shape index (κ1) is 33.7. The van der Waals surface area contributed by atoms with Crippen molar-refractivity contribution in [3.05, 3.63) is 100 Å². The van der Waals surface area contributed by atoms with E-state index in [4.69, 9.17) is 9.47 Å². The number of nitrogens with zero attached hydrogens (tertiary/aromatic N) is 2. The van der Waals surface area contributed by atoms with E-state index in [1.54, 1.807) is 13.2 Å². The fourth-order valence-corrected chi connectivity index (χ4v) is 6.14. The monoisotopic (exact) mass is 693 g/mol. The lowest BCUT2D eigenvalue weighted by Gasteiger charge is -2.35. The number of aromatic carboxylic acids is 1. The number of carbonyl (C=O) groups is 2. The molecular weight excluding hydrogens is 658 g/mol. The van der Waals surface area contributed by atoms with Crippen molar-refractivity contribution < 1.29 is 24.2 Å². The number of benzene rings is 4. The molecule has 5 rings (SSSR count). The van der Waals surface area contributed by atoms with Crippen LogP contribution in [-0.4, -0.2) is 44.3 Å². The molecule has 10 heteroatoms. The van der Waals surface area contributed by atoms with Gasteiger partial charge in [0, 0.05) is 29.2 Å². The number of methoxy groups -OCH3 is 2. The van der Waals surface area contributed by atoms with Gasteiger partial charge in [0.1, 0.15) is 17.1 Å². The summed E-state index contributed by atoms with van der Waals surface area (Å²) < 4.78 is 11.7. The van der Waals surface area contributed by atoms with E-state index in [9.17, 15) is 14.7 Å². The number of para-hydroxylation sites is 1. The Morgan fingerprint density at radius 3 is 2.29 bits per heavy atom. The molecule has 1 fully saturated rings. The van der Waals surface area contributed by atoms with Gasteiger partial charge in [0.25, 0.3) is 0 Å². The first-order valence-corrected chi connectivity index (χ1v) is 15.4. The molecule has 4 aromatic carbocycles. The first-order valence-electron chi connectivity index (χ1n) is 14.6. The Labute approximate surface area is 278 Å². The number of amides is 1. The van der Waals surface area contributed by atoms with Gasteiger partial charge in [-0.15, -0.1) is 12.4 Å². The van der Waals surface area contributed by atoms with Crippen LogP contribution < -0.4 is 24.8 Å². The highest BCUT2D eigenvalue weighted by molar-refractivity contribution is 9.10. The van der Waals surface area contributed by atoms with E-state index in [-0.39, 0.29) is 36.0 Å². The summed E-state index contributed by atoms with van der Waals surface area (Å²) >= 11 is 3.45. The molecular formula is C35H37BrClN3O5. The predicted octanol–water partition coefficient (Wildman–Crippen LogP) is 7.96. The zero-order valence-electron chi connectivity index (χ0n) is 25.5. The number of hydrogen-bond donors (Lipinski definition) is 2. The minimum Gasteiger partial charge on any atom is -0.496 e. The molecule has 0 radical (unpaired) electrons. The summed E-state index contributed by atoms with van der Waals surface area (Å²) in [5.74, 6) is -0.525. The molecule has 45 heavy (non-hydrogen) atoms. The van der Waals surface area contributed by atoms with E-state index < -0.39 is 5.97 Å². The van der Waals surface area contributed by atoms with E-state index >= 15 is 0 Å². The minimum atomic E-state index is -1.11. The van der Waals surface area contributed by atoms with Crippen LogP contribution in [0.1, 0.15) is 40.7 Å². The van der Waals surface area contributed by atoms with E-state index in [1.807, 2.05) is 66.5 Å². The Bertz CT molecular complexity index is 1660.